The molecule has 0 spiro atoms. The van der Waals surface area contributed by atoms with Gasteiger partial charge in [-0.05, 0) is 12.5 Å². The Morgan fingerprint density at radius 2 is 2.45 bits per heavy atom. The molecule has 1 aliphatic rings. The van der Waals surface area contributed by atoms with Crippen LogP contribution in [0.15, 0.2) is 18.5 Å². The molecule has 3 atom stereocenters. The molecular weight excluding hydrogens is 142 g/mol. The molecule has 0 aromatic carbocycles. The summed E-state index contributed by atoms with van der Waals surface area (Å²) in [6, 6.07) is 1.88. The molecule has 1 saturated carbocycles. The Morgan fingerprint density at radius 3 is 2.91 bits per heavy atom. The molecule has 0 unspecified atom stereocenters. The molecule has 11 heavy (non-hydrogen) atoms. The van der Waals surface area contributed by atoms with Crippen molar-refractivity contribution < 1.29 is 5.11 Å². The summed E-state index contributed by atoms with van der Waals surface area (Å²) in [5, 5.41) is 13.3. The summed E-state index contributed by atoms with van der Waals surface area (Å²) in [6.07, 6.45) is 3.89. The van der Waals surface area contributed by atoms with E-state index < -0.39 is 0 Å². The van der Waals surface area contributed by atoms with Crippen LogP contribution >= 0.6 is 0 Å². The Balaban J connectivity index is 2.17. The maximum atomic E-state index is 9.31. The van der Waals surface area contributed by atoms with Gasteiger partial charge in [-0.2, -0.15) is 5.10 Å². The first-order chi connectivity index (χ1) is 5.29. The SMILES string of the molecule is N[C@@H]1C[C@H](O)[C@@H]1n1cccn1. The van der Waals surface area contributed by atoms with Crippen LogP contribution in [0.1, 0.15) is 12.5 Å². The lowest BCUT2D eigenvalue weighted by Crippen LogP contribution is -2.52. The Kier molecular flexibility index (Phi) is 1.44. The van der Waals surface area contributed by atoms with Crippen molar-refractivity contribution in [3.05, 3.63) is 18.5 Å². The van der Waals surface area contributed by atoms with Crippen molar-refractivity contribution in [3.8, 4) is 0 Å². The number of aromatic nitrogens is 2. The molecule has 0 amide bonds. The smallest absolute Gasteiger partial charge is 0.0929 e. The van der Waals surface area contributed by atoms with Gasteiger partial charge in [-0.3, -0.25) is 4.68 Å². The van der Waals surface area contributed by atoms with E-state index in [4.69, 9.17) is 5.73 Å². The topological polar surface area (TPSA) is 64.1 Å². The summed E-state index contributed by atoms with van der Waals surface area (Å²) in [4.78, 5) is 0. The lowest BCUT2D eigenvalue weighted by atomic mass is 9.84. The summed E-state index contributed by atoms with van der Waals surface area (Å²) < 4.78 is 1.72. The van der Waals surface area contributed by atoms with Crippen molar-refractivity contribution in [2.24, 2.45) is 5.73 Å². The predicted molar refractivity (Wildman–Crippen MR) is 39.9 cm³/mol. The molecule has 0 aliphatic heterocycles. The van der Waals surface area contributed by atoms with E-state index in [1.54, 1.807) is 10.9 Å². The van der Waals surface area contributed by atoms with Crippen LogP contribution < -0.4 is 5.73 Å². The number of nitrogens with two attached hydrogens (primary N) is 1. The zero-order chi connectivity index (χ0) is 7.84. The van der Waals surface area contributed by atoms with E-state index >= 15 is 0 Å². The second-order valence-corrected chi connectivity index (χ2v) is 2.94. The zero-order valence-electron chi connectivity index (χ0n) is 6.09. The second kappa shape index (κ2) is 2.32. The van der Waals surface area contributed by atoms with E-state index in [1.165, 1.54) is 0 Å². The van der Waals surface area contributed by atoms with Gasteiger partial charge in [0.25, 0.3) is 0 Å². The fourth-order valence-corrected chi connectivity index (χ4v) is 1.48. The van der Waals surface area contributed by atoms with Crippen LogP contribution in [-0.2, 0) is 0 Å². The van der Waals surface area contributed by atoms with Crippen LogP contribution in [0.2, 0.25) is 0 Å². The van der Waals surface area contributed by atoms with Crippen LogP contribution in [0, 0.1) is 0 Å². The molecule has 0 bridgehead atoms. The average molecular weight is 153 g/mol. The van der Waals surface area contributed by atoms with Crippen LogP contribution in [-0.4, -0.2) is 27.0 Å². The van der Waals surface area contributed by atoms with Gasteiger partial charge in [-0.25, -0.2) is 0 Å². The van der Waals surface area contributed by atoms with E-state index in [0.29, 0.717) is 6.42 Å². The van der Waals surface area contributed by atoms with Crippen LogP contribution in [0.3, 0.4) is 0 Å². The standard InChI is InChI=1S/C7H11N3O/c8-5-4-6(11)7(5)10-3-1-2-9-10/h1-3,5-7,11H,4,8H2/t5-,6+,7-/m1/s1. The lowest BCUT2D eigenvalue weighted by molar-refractivity contribution is 0.00636. The van der Waals surface area contributed by atoms with Crippen molar-refractivity contribution in [1.82, 2.24) is 9.78 Å². The van der Waals surface area contributed by atoms with Gasteiger partial charge in [-0.15, -0.1) is 0 Å². The molecule has 1 fully saturated rings. The number of aliphatic hydroxyl groups is 1. The number of hydrogen-bond donors (Lipinski definition) is 2. The maximum Gasteiger partial charge on any atom is 0.0929 e. The fraction of sp³-hybridized carbons (Fsp3) is 0.571. The number of nitrogens with zero attached hydrogens (tertiary/aromatic N) is 2. The third-order valence-electron chi connectivity index (χ3n) is 2.18. The molecule has 0 saturated heterocycles. The van der Waals surface area contributed by atoms with Crippen molar-refractivity contribution in [2.75, 3.05) is 0 Å². The van der Waals surface area contributed by atoms with Gasteiger partial charge in [0.1, 0.15) is 0 Å². The summed E-state index contributed by atoms with van der Waals surface area (Å²) in [7, 11) is 0. The highest BCUT2D eigenvalue weighted by atomic mass is 16.3. The summed E-state index contributed by atoms with van der Waals surface area (Å²) in [6.45, 7) is 0. The van der Waals surface area contributed by atoms with Crippen LogP contribution in [0.4, 0.5) is 0 Å². The molecule has 0 radical (unpaired) electrons. The van der Waals surface area contributed by atoms with Gasteiger partial charge >= 0.3 is 0 Å². The lowest BCUT2D eigenvalue weighted by Gasteiger charge is -2.38. The first-order valence-electron chi connectivity index (χ1n) is 3.72. The zero-order valence-corrected chi connectivity index (χ0v) is 6.09. The molecule has 1 aromatic rings. The van der Waals surface area contributed by atoms with Gasteiger partial charge in [0.05, 0.1) is 12.1 Å². The van der Waals surface area contributed by atoms with E-state index in [1.807, 2.05) is 12.3 Å². The summed E-state index contributed by atoms with van der Waals surface area (Å²) >= 11 is 0. The third kappa shape index (κ3) is 0.948. The minimum Gasteiger partial charge on any atom is -0.391 e. The highest BCUT2D eigenvalue weighted by Crippen LogP contribution is 2.29. The number of hydrogen-bond acceptors (Lipinski definition) is 3. The van der Waals surface area contributed by atoms with E-state index in [0.717, 1.165) is 0 Å². The monoisotopic (exact) mass is 153 g/mol. The first kappa shape index (κ1) is 6.82. The Labute approximate surface area is 64.6 Å². The number of aliphatic hydroxyl groups excluding tert-OH is 1. The van der Waals surface area contributed by atoms with Crippen molar-refractivity contribution in [3.63, 3.8) is 0 Å². The van der Waals surface area contributed by atoms with Gasteiger partial charge < -0.3 is 10.8 Å². The van der Waals surface area contributed by atoms with E-state index in [9.17, 15) is 5.11 Å². The normalized spacial score (nSPS) is 36.7. The third-order valence-corrected chi connectivity index (χ3v) is 2.18. The van der Waals surface area contributed by atoms with Gasteiger partial charge in [0.15, 0.2) is 0 Å². The molecule has 4 nitrogen and oxygen atoms in total. The largest absolute Gasteiger partial charge is 0.391 e. The van der Waals surface area contributed by atoms with Gasteiger partial charge in [-0.1, -0.05) is 0 Å². The summed E-state index contributed by atoms with van der Waals surface area (Å²) in [5.74, 6) is 0. The molecule has 1 heterocycles. The van der Waals surface area contributed by atoms with Gasteiger partial charge in [0, 0.05) is 18.4 Å². The van der Waals surface area contributed by atoms with E-state index in [2.05, 4.69) is 5.10 Å². The molecule has 1 aliphatic carbocycles. The van der Waals surface area contributed by atoms with Crippen molar-refractivity contribution in [1.29, 1.82) is 0 Å². The highest BCUT2D eigenvalue weighted by molar-refractivity contribution is 4.98. The van der Waals surface area contributed by atoms with Gasteiger partial charge in [0.2, 0.25) is 0 Å². The Hall–Kier alpha value is -0.870. The quantitative estimate of drug-likeness (QED) is 0.572. The molecule has 2 rings (SSSR count). The maximum absolute atomic E-state index is 9.31. The molecule has 4 heteroatoms. The van der Waals surface area contributed by atoms with Crippen LogP contribution in [0.5, 0.6) is 0 Å². The van der Waals surface area contributed by atoms with Crippen LogP contribution in [0.25, 0.3) is 0 Å². The van der Waals surface area contributed by atoms with Crippen molar-refractivity contribution in [2.45, 2.75) is 24.6 Å². The summed E-state index contributed by atoms with van der Waals surface area (Å²) in [5.41, 5.74) is 5.68. The highest BCUT2D eigenvalue weighted by Gasteiger charge is 2.38. The van der Waals surface area contributed by atoms with E-state index in [-0.39, 0.29) is 18.2 Å². The predicted octanol–water partition coefficient (Wildman–Crippen LogP) is -0.484. The minimum atomic E-state index is -0.315. The Morgan fingerprint density at radius 1 is 1.64 bits per heavy atom. The molecule has 3 N–H and O–H groups in total. The first-order valence-corrected chi connectivity index (χ1v) is 3.72. The molecule has 60 valence electrons. The minimum absolute atomic E-state index is 0.00926. The average Bonchev–Trinajstić information content (AvgIpc) is 2.39. The fourth-order valence-electron chi connectivity index (χ4n) is 1.48. The second-order valence-electron chi connectivity index (χ2n) is 2.94. The molecule has 1 aromatic heterocycles. The van der Waals surface area contributed by atoms with Crippen molar-refractivity contribution >= 4 is 0 Å². The Bertz CT molecular complexity index is 226. The molecular formula is C7H11N3O. The number of rotatable bonds is 1.